The molecule has 0 bridgehead atoms. The maximum Gasteiger partial charge on any atom is 0.195 e. The predicted octanol–water partition coefficient (Wildman–Crippen LogP) is 2.21. The Bertz CT molecular complexity index is 527. The van der Waals surface area contributed by atoms with E-state index in [0.717, 1.165) is 22.2 Å². The largest absolute Gasteiger partial charge is 0.313 e. The van der Waals surface area contributed by atoms with Crippen molar-refractivity contribution in [1.29, 1.82) is 0 Å². The molecule has 6 heteroatoms. The lowest BCUT2D eigenvalue weighted by Gasteiger charge is -2.06. The molecule has 0 saturated carbocycles. The lowest BCUT2D eigenvalue weighted by molar-refractivity contribution is 0.617. The molecule has 1 heterocycles. The molecule has 18 heavy (non-hydrogen) atoms. The van der Waals surface area contributed by atoms with E-state index < -0.39 is 0 Å². The Morgan fingerprint density at radius 3 is 2.89 bits per heavy atom. The van der Waals surface area contributed by atoms with Crippen LogP contribution in [-0.4, -0.2) is 21.3 Å². The summed E-state index contributed by atoms with van der Waals surface area (Å²) in [6.07, 6.45) is 1.63. The second-order valence-corrected chi connectivity index (χ2v) is 4.94. The Hall–Kier alpha value is -1.40. The van der Waals surface area contributed by atoms with Gasteiger partial charge in [0.25, 0.3) is 0 Å². The average Bonchev–Trinajstić information content (AvgIpc) is 2.72. The summed E-state index contributed by atoms with van der Waals surface area (Å²) < 4.78 is 15.3. The van der Waals surface area contributed by atoms with Crippen molar-refractivity contribution in [1.82, 2.24) is 20.1 Å². The lowest BCUT2D eigenvalue weighted by atomic mass is 10.2. The molecule has 0 aliphatic heterocycles. The molecule has 0 aliphatic rings. The highest BCUT2D eigenvalue weighted by Gasteiger charge is 2.06. The molecular weight excluding hydrogens is 251 g/mol. The van der Waals surface area contributed by atoms with Crippen LogP contribution in [0.5, 0.6) is 0 Å². The molecule has 4 nitrogen and oxygen atoms in total. The molecule has 2 aromatic rings. The fraction of sp³-hybridized carbons (Fsp3) is 0.333. The van der Waals surface area contributed by atoms with Crippen LogP contribution in [0, 0.1) is 5.82 Å². The third-order valence-electron chi connectivity index (χ3n) is 2.39. The monoisotopic (exact) mass is 266 g/mol. The molecular formula is C12H15FN4S. The molecule has 96 valence electrons. The van der Waals surface area contributed by atoms with Crippen LogP contribution in [0.2, 0.25) is 0 Å². The van der Waals surface area contributed by atoms with E-state index in [9.17, 15) is 4.39 Å². The van der Waals surface area contributed by atoms with Crippen molar-refractivity contribution >= 4 is 11.8 Å². The van der Waals surface area contributed by atoms with E-state index in [0.29, 0.717) is 6.54 Å². The Morgan fingerprint density at radius 2 is 2.22 bits per heavy atom. The van der Waals surface area contributed by atoms with Gasteiger partial charge in [0.1, 0.15) is 12.1 Å². The van der Waals surface area contributed by atoms with Crippen molar-refractivity contribution in [3.63, 3.8) is 0 Å². The second-order valence-electron chi connectivity index (χ2n) is 3.90. The summed E-state index contributed by atoms with van der Waals surface area (Å²) in [5.74, 6) is -0.227. The van der Waals surface area contributed by atoms with Crippen molar-refractivity contribution in [3.05, 3.63) is 35.9 Å². The van der Waals surface area contributed by atoms with Crippen LogP contribution in [-0.2, 0) is 13.6 Å². The summed E-state index contributed by atoms with van der Waals surface area (Å²) in [4.78, 5) is 0.832. The minimum Gasteiger partial charge on any atom is -0.313 e. The van der Waals surface area contributed by atoms with Gasteiger partial charge in [0, 0.05) is 18.5 Å². The molecule has 0 atom stereocenters. The zero-order valence-electron chi connectivity index (χ0n) is 10.4. The number of nitrogens with zero attached hydrogens (tertiary/aromatic N) is 3. The van der Waals surface area contributed by atoms with Crippen LogP contribution in [0.15, 0.2) is 34.6 Å². The standard InChI is InChI=1S/C12H15FN4S/c1-3-14-7-9-4-10(13)6-11(5-9)18-12-16-15-8-17(12)2/h4-6,8,14H,3,7H2,1-2H3. The van der Waals surface area contributed by atoms with Crippen molar-refractivity contribution in [2.75, 3.05) is 6.54 Å². The molecule has 1 N–H and O–H groups in total. The van der Waals surface area contributed by atoms with E-state index in [-0.39, 0.29) is 5.82 Å². The molecule has 0 unspecified atom stereocenters. The highest BCUT2D eigenvalue weighted by atomic mass is 32.2. The Balaban J connectivity index is 2.17. The van der Waals surface area contributed by atoms with E-state index >= 15 is 0 Å². The average molecular weight is 266 g/mol. The van der Waals surface area contributed by atoms with Gasteiger partial charge in [0.05, 0.1) is 0 Å². The normalized spacial score (nSPS) is 10.8. The highest BCUT2D eigenvalue weighted by molar-refractivity contribution is 7.99. The summed E-state index contributed by atoms with van der Waals surface area (Å²) in [6.45, 7) is 3.55. The van der Waals surface area contributed by atoms with E-state index in [1.165, 1.54) is 17.8 Å². The second kappa shape index (κ2) is 5.97. The molecule has 1 aromatic heterocycles. The minimum absolute atomic E-state index is 0.227. The minimum atomic E-state index is -0.227. The van der Waals surface area contributed by atoms with Gasteiger partial charge in [0.2, 0.25) is 0 Å². The third kappa shape index (κ3) is 3.30. The summed E-state index contributed by atoms with van der Waals surface area (Å²) in [6, 6.07) is 5.02. The van der Waals surface area contributed by atoms with Gasteiger partial charge in [-0.2, -0.15) is 0 Å². The smallest absolute Gasteiger partial charge is 0.195 e. The van der Waals surface area contributed by atoms with Gasteiger partial charge in [-0.3, -0.25) is 0 Å². The molecule has 0 aliphatic carbocycles. The van der Waals surface area contributed by atoms with E-state index in [4.69, 9.17) is 0 Å². The summed E-state index contributed by atoms with van der Waals surface area (Å²) in [5.41, 5.74) is 0.932. The molecule has 0 saturated heterocycles. The van der Waals surface area contributed by atoms with Crippen LogP contribution in [0.1, 0.15) is 12.5 Å². The number of halogens is 1. The Kier molecular flexibility index (Phi) is 4.33. The Labute approximate surface area is 110 Å². The van der Waals surface area contributed by atoms with Crippen molar-refractivity contribution in [3.8, 4) is 0 Å². The number of rotatable bonds is 5. The summed E-state index contributed by atoms with van der Waals surface area (Å²) in [5, 5.41) is 11.7. The SMILES string of the molecule is CCNCc1cc(F)cc(Sc2nncn2C)c1. The first-order valence-electron chi connectivity index (χ1n) is 5.71. The number of hydrogen-bond donors (Lipinski definition) is 1. The van der Waals surface area contributed by atoms with Gasteiger partial charge >= 0.3 is 0 Å². The van der Waals surface area contributed by atoms with Gasteiger partial charge in [-0.25, -0.2) is 4.39 Å². The van der Waals surface area contributed by atoms with Crippen LogP contribution in [0.3, 0.4) is 0 Å². The Morgan fingerprint density at radius 1 is 1.39 bits per heavy atom. The fourth-order valence-corrected chi connectivity index (χ4v) is 2.39. The van der Waals surface area contributed by atoms with E-state index in [1.54, 1.807) is 17.0 Å². The summed E-state index contributed by atoms with van der Waals surface area (Å²) in [7, 11) is 1.86. The number of hydrogen-bond acceptors (Lipinski definition) is 4. The molecule has 1 aromatic carbocycles. The van der Waals surface area contributed by atoms with Crippen molar-refractivity contribution < 1.29 is 4.39 Å². The molecule has 0 spiro atoms. The van der Waals surface area contributed by atoms with Crippen molar-refractivity contribution in [2.24, 2.45) is 7.05 Å². The van der Waals surface area contributed by atoms with Crippen LogP contribution < -0.4 is 5.32 Å². The first-order chi connectivity index (χ1) is 8.69. The van der Waals surface area contributed by atoms with Crippen LogP contribution in [0.4, 0.5) is 4.39 Å². The summed E-state index contributed by atoms with van der Waals surface area (Å²) >= 11 is 1.40. The van der Waals surface area contributed by atoms with Gasteiger partial charge in [-0.1, -0.05) is 6.92 Å². The number of benzene rings is 1. The van der Waals surface area contributed by atoms with Gasteiger partial charge in [-0.05, 0) is 42.1 Å². The predicted molar refractivity (Wildman–Crippen MR) is 68.9 cm³/mol. The fourth-order valence-electron chi connectivity index (χ4n) is 1.52. The van der Waals surface area contributed by atoms with Gasteiger partial charge in [0.15, 0.2) is 5.16 Å². The lowest BCUT2D eigenvalue weighted by Crippen LogP contribution is -2.11. The molecule has 0 amide bonds. The van der Waals surface area contributed by atoms with Gasteiger partial charge < -0.3 is 9.88 Å². The highest BCUT2D eigenvalue weighted by Crippen LogP contribution is 2.26. The number of aromatic nitrogens is 3. The zero-order valence-corrected chi connectivity index (χ0v) is 11.2. The quantitative estimate of drug-likeness (QED) is 0.901. The maximum atomic E-state index is 13.5. The first kappa shape index (κ1) is 13.0. The third-order valence-corrected chi connectivity index (χ3v) is 3.41. The topological polar surface area (TPSA) is 42.7 Å². The van der Waals surface area contributed by atoms with E-state index in [1.807, 2.05) is 20.0 Å². The van der Waals surface area contributed by atoms with E-state index in [2.05, 4.69) is 15.5 Å². The maximum absolute atomic E-state index is 13.5. The molecule has 0 fully saturated rings. The molecule has 2 rings (SSSR count). The number of aryl methyl sites for hydroxylation is 1. The van der Waals surface area contributed by atoms with Crippen LogP contribution >= 0.6 is 11.8 Å². The zero-order chi connectivity index (χ0) is 13.0. The molecule has 0 radical (unpaired) electrons. The first-order valence-corrected chi connectivity index (χ1v) is 6.52. The van der Waals surface area contributed by atoms with Crippen LogP contribution in [0.25, 0.3) is 0 Å². The van der Waals surface area contributed by atoms with Gasteiger partial charge in [-0.15, -0.1) is 10.2 Å². The number of nitrogens with one attached hydrogen (secondary N) is 1. The van der Waals surface area contributed by atoms with Crippen molar-refractivity contribution in [2.45, 2.75) is 23.5 Å².